The maximum atomic E-state index is 5.69. The highest BCUT2D eigenvalue weighted by molar-refractivity contribution is 5.98. The maximum Gasteiger partial charge on any atom is 0.216 e. The molecular weight excluding hydrogens is 250 g/mol. The van der Waals surface area contributed by atoms with Crippen LogP contribution in [0.1, 0.15) is 12.2 Å². The van der Waals surface area contributed by atoms with Crippen LogP contribution in [0.15, 0.2) is 54.8 Å². The quantitative estimate of drug-likeness (QED) is 0.564. The largest absolute Gasteiger partial charge is 0.477 e. The van der Waals surface area contributed by atoms with Crippen LogP contribution in [0, 0.1) is 18.8 Å². The first-order valence-electron chi connectivity index (χ1n) is 6.64. The number of aromatic nitrogens is 2. The number of rotatable bonds is 7. The van der Waals surface area contributed by atoms with Gasteiger partial charge < -0.3 is 4.74 Å². The summed E-state index contributed by atoms with van der Waals surface area (Å²) in [4.78, 5) is 12.6. The molecular formula is C16H19N3O. The Morgan fingerprint density at radius 2 is 2.40 bits per heavy atom. The predicted molar refractivity (Wildman–Crippen MR) is 80.8 cm³/mol. The molecule has 1 fully saturated rings. The Hall–Kier alpha value is -2.23. The van der Waals surface area contributed by atoms with Gasteiger partial charge in [0.2, 0.25) is 5.88 Å². The number of hydrogen-bond acceptors (Lipinski definition) is 4. The molecule has 2 rings (SSSR count). The number of nitrogens with zero attached hydrogens (tertiary/aromatic N) is 3. The third-order valence-corrected chi connectivity index (χ3v) is 3.15. The van der Waals surface area contributed by atoms with Gasteiger partial charge in [0.15, 0.2) is 0 Å². The fourth-order valence-corrected chi connectivity index (χ4v) is 1.99. The van der Waals surface area contributed by atoms with Gasteiger partial charge in [0.05, 0.1) is 6.61 Å². The Morgan fingerprint density at radius 1 is 1.55 bits per heavy atom. The third-order valence-electron chi connectivity index (χ3n) is 3.15. The number of ether oxygens (including phenoxy) is 1. The lowest BCUT2D eigenvalue weighted by molar-refractivity contribution is 0.284. The number of allylic oxidation sites excluding steroid dienone is 3. The van der Waals surface area contributed by atoms with Crippen molar-refractivity contribution in [1.29, 1.82) is 0 Å². The minimum atomic E-state index is 0.435. The summed E-state index contributed by atoms with van der Waals surface area (Å²) in [5, 5.41) is 0. The molecule has 0 aromatic carbocycles. The van der Waals surface area contributed by atoms with Crippen LogP contribution in [0.25, 0.3) is 0 Å². The molecule has 4 nitrogen and oxygen atoms in total. The first-order chi connectivity index (χ1) is 9.74. The Morgan fingerprint density at radius 3 is 3.10 bits per heavy atom. The lowest BCUT2D eigenvalue weighted by Crippen LogP contribution is -2.06. The van der Waals surface area contributed by atoms with Gasteiger partial charge in [0.1, 0.15) is 5.82 Å². The summed E-state index contributed by atoms with van der Waals surface area (Å²) in [5.41, 5.74) is 1.01. The fourth-order valence-electron chi connectivity index (χ4n) is 1.99. The van der Waals surface area contributed by atoms with E-state index >= 15 is 0 Å². The highest BCUT2D eigenvalue weighted by Crippen LogP contribution is 2.40. The maximum absolute atomic E-state index is 5.69. The van der Waals surface area contributed by atoms with Crippen LogP contribution in [0.5, 0.6) is 5.88 Å². The Kier molecular flexibility index (Phi) is 4.82. The van der Waals surface area contributed by atoms with Crippen molar-refractivity contribution in [3.63, 3.8) is 0 Å². The van der Waals surface area contributed by atoms with Gasteiger partial charge in [-0.1, -0.05) is 19.2 Å². The van der Waals surface area contributed by atoms with Crippen LogP contribution < -0.4 is 4.74 Å². The molecule has 0 saturated heterocycles. The minimum absolute atomic E-state index is 0.435. The summed E-state index contributed by atoms with van der Waals surface area (Å²) < 4.78 is 5.69. The molecule has 0 unspecified atom stereocenters. The van der Waals surface area contributed by atoms with Gasteiger partial charge in [-0.05, 0) is 25.5 Å². The van der Waals surface area contributed by atoms with Gasteiger partial charge in [-0.15, -0.1) is 0 Å². The van der Waals surface area contributed by atoms with E-state index in [1.165, 1.54) is 0 Å². The van der Waals surface area contributed by atoms with Gasteiger partial charge >= 0.3 is 0 Å². The summed E-state index contributed by atoms with van der Waals surface area (Å²) in [6.07, 6.45) is 9.85. The van der Waals surface area contributed by atoms with Crippen LogP contribution in [0.2, 0.25) is 0 Å². The highest BCUT2D eigenvalue weighted by Gasteiger charge is 2.40. The van der Waals surface area contributed by atoms with E-state index in [9.17, 15) is 0 Å². The second-order valence-corrected chi connectivity index (χ2v) is 4.69. The molecule has 0 amide bonds. The number of aryl methyl sites for hydroxylation is 1. The Bertz CT molecular complexity index is 548. The van der Waals surface area contributed by atoms with Crippen molar-refractivity contribution in [1.82, 2.24) is 9.97 Å². The van der Waals surface area contributed by atoms with Crippen LogP contribution in [-0.4, -0.2) is 22.3 Å². The Balaban J connectivity index is 1.85. The van der Waals surface area contributed by atoms with Crippen LogP contribution >= 0.6 is 0 Å². The molecule has 0 radical (unpaired) electrons. The zero-order valence-electron chi connectivity index (χ0n) is 11.7. The van der Waals surface area contributed by atoms with E-state index in [-0.39, 0.29) is 0 Å². The second-order valence-electron chi connectivity index (χ2n) is 4.69. The molecule has 0 spiro atoms. The monoisotopic (exact) mass is 269 g/mol. The first kappa shape index (κ1) is 14.2. The molecule has 1 aromatic heterocycles. The molecule has 104 valence electrons. The van der Waals surface area contributed by atoms with Gasteiger partial charge in [-0.25, -0.2) is 4.98 Å². The van der Waals surface area contributed by atoms with Crippen molar-refractivity contribution in [2.45, 2.75) is 13.3 Å². The molecule has 1 heterocycles. The van der Waals surface area contributed by atoms with Crippen molar-refractivity contribution in [3.05, 3.63) is 55.7 Å². The summed E-state index contributed by atoms with van der Waals surface area (Å²) in [5.74, 6) is 2.27. The molecule has 1 aliphatic carbocycles. The summed E-state index contributed by atoms with van der Waals surface area (Å²) >= 11 is 0. The SMILES string of the molecule is C=C/C=C\N=C(/C=C)[C@H]1C[C@@H]1COc1ccnc(C)n1. The molecule has 20 heavy (non-hydrogen) atoms. The third kappa shape index (κ3) is 3.88. The number of hydrogen-bond donors (Lipinski definition) is 0. The van der Waals surface area contributed by atoms with Gasteiger partial charge in [-0.3, -0.25) is 4.99 Å². The van der Waals surface area contributed by atoms with E-state index in [1.54, 1.807) is 30.6 Å². The normalized spacial score (nSPS) is 21.8. The van der Waals surface area contributed by atoms with Crippen molar-refractivity contribution in [3.8, 4) is 5.88 Å². The lowest BCUT2D eigenvalue weighted by Gasteiger charge is -2.05. The first-order valence-corrected chi connectivity index (χ1v) is 6.64. The average molecular weight is 269 g/mol. The van der Waals surface area contributed by atoms with Crippen LogP contribution in [0.3, 0.4) is 0 Å². The number of aliphatic imine (C=N–C) groups is 1. The average Bonchev–Trinajstić information content (AvgIpc) is 3.21. The molecule has 0 N–H and O–H groups in total. The Labute approximate surface area is 119 Å². The molecule has 4 heteroatoms. The van der Waals surface area contributed by atoms with Crippen molar-refractivity contribution >= 4 is 5.71 Å². The van der Waals surface area contributed by atoms with E-state index < -0.39 is 0 Å². The zero-order chi connectivity index (χ0) is 14.4. The van der Waals surface area contributed by atoms with Gasteiger partial charge in [-0.2, -0.15) is 4.98 Å². The molecule has 0 aliphatic heterocycles. The van der Waals surface area contributed by atoms with Crippen molar-refractivity contribution < 1.29 is 4.74 Å². The summed E-state index contributed by atoms with van der Waals surface area (Å²) in [6, 6.07) is 1.78. The molecule has 1 aromatic rings. The summed E-state index contributed by atoms with van der Waals surface area (Å²) in [6.45, 7) is 9.93. The summed E-state index contributed by atoms with van der Waals surface area (Å²) in [7, 11) is 0. The topological polar surface area (TPSA) is 47.4 Å². The molecule has 2 atom stereocenters. The van der Waals surface area contributed by atoms with E-state index in [1.807, 2.05) is 13.0 Å². The minimum Gasteiger partial charge on any atom is -0.477 e. The van der Waals surface area contributed by atoms with Crippen molar-refractivity contribution in [2.24, 2.45) is 16.8 Å². The van der Waals surface area contributed by atoms with Gasteiger partial charge in [0, 0.05) is 36.0 Å². The smallest absolute Gasteiger partial charge is 0.216 e. The lowest BCUT2D eigenvalue weighted by atomic mass is 10.2. The van der Waals surface area contributed by atoms with E-state index in [0.29, 0.717) is 24.3 Å². The molecule has 1 aliphatic rings. The highest BCUT2D eigenvalue weighted by atomic mass is 16.5. The zero-order valence-corrected chi connectivity index (χ0v) is 11.7. The van der Waals surface area contributed by atoms with Gasteiger partial charge in [0.25, 0.3) is 0 Å². The van der Waals surface area contributed by atoms with Crippen molar-refractivity contribution in [2.75, 3.05) is 6.61 Å². The van der Waals surface area contributed by atoms with Crippen LogP contribution in [-0.2, 0) is 0 Å². The van der Waals surface area contributed by atoms with E-state index in [2.05, 4.69) is 28.1 Å². The van der Waals surface area contributed by atoms with E-state index in [0.717, 1.165) is 18.0 Å². The predicted octanol–water partition coefficient (Wildman–Crippen LogP) is 3.13. The second kappa shape index (κ2) is 6.80. The van der Waals surface area contributed by atoms with Crippen LogP contribution in [0.4, 0.5) is 0 Å². The fraction of sp³-hybridized carbons (Fsp3) is 0.312. The molecule has 1 saturated carbocycles. The molecule has 0 bridgehead atoms. The van der Waals surface area contributed by atoms with E-state index in [4.69, 9.17) is 4.74 Å². The standard InChI is InChI=1S/C16H19N3O/c1-4-6-8-18-15(5-2)14-10-13(14)11-20-16-7-9-17-12(3)19-16/h4-9,13-14H,1-2,10-11H2,3H3/b8-6-,18-15+/t13-,14+/m1/s1.